The smallest absolute Gasteiger partial charge is 0.336 e. The summed E-state index contributed by atoms with van der Waals surface area (Å²) in [5, 5.41) is 2.58. The molecule has 0 bridgehead atoms. The van der Waals surface area contributed by atoms with Gasteiger partial charge in [0.15, 0.2) is 0 Å². The van der Waals surface area contributed by atoms with E-state index in [2.05, 4.69) is 5.32 Å². The standard InChI is InChI=1S/C22H17ClF2N4O3/c1-12-9-18-20(27(12)2)21(31)29(15-6-4-14(24)5-7-15)22(32)28(18)11-19(30)26-17-8-3-13(23)10-16(17)25/h3-10H,11H2,1-2H3,(H,26,30). The van der Waals surface area contributed by atoms with Gasteiger partial charge in [0.05, 0.1) is 16.9 Å². The van der Waals surface area contributed by atoms with Gasteiger partial charge in [0.2, 0.25) is 5.91 Å². The maximum atomic E-state index is 14.1. The molecule has 0 aliphatic heterocycles. The molecule has 0 fully saturated rings. The van der Waals surface area contributed by atoms with Crippen molar-refractivity contribution in [1.82, 2.24) is 13.7 Å². The highest BCUT2D eigenvalue weighted by molar-refractivity contribution is 6.30. The second-order valence-corrected chi connectivity index (χ2v) is 7.67. The van der Waals surface area contributed by atoms with Crippen LogP contribution in [0.4, 0.5) is 14.5 Å². The van der Waals surface area contributed by atoms with Crippen molar-refractivity contribution < 1.29 is 13.6 Å². The first-order valence-electron chi connectivity index (χ1n) is 9.50. The van der Waals surface area contributed by atoms with Crippen LogP contribution in [0.15, 0.2) is 58.1 Å². The number of nitrogens with zero attached hydrogens (tertiary/aromatic N) is 3. The molecule has 1 amide bonds. The Kier molecular flexibility index (Phi) is 5.43. The summed E-state index contributed by atoms with van der Waals surface area (Å²) in [6, 6.07) is 10.2. The van der Waals surface area contributed by atoms with Gasteiger partial charge >= 0.3 is 5.69 Å². The Bertz CT molecular complexity index is 1490. The third-order valence-electron chi connectivity index (χ3n) is 5.16. The SMILES string of the molecule is Cc1cc2c(c(=O)n(-c3ccc(F)cc3)c(=O)n2CC(=O)Nc2ccc(Cl)cc2F)n1C. The number of carbonyl (C=O) groups excluding carboxylic acids is 1. The quantitative estimate of drug-likeness (QED) is 0.509. The minimum absolute atomic E-state index is 0.0974. The Morgan fingerprint density at radius 3 is 2.41 bits per heavy atom. The monoisotopic (exact) mass is 458 g/mol. The van der Waals surface area contributed by atoms with Gasteiger partial charge in [0.1, 0.15) is 23.7 Å². The predicted octanol–water partition coefficient (Wildman–Crippen LogP) is 3.37. The lowest BCUT2D eigenvalue weighted by atomic mass is 10.3. The summed E-state index contributed by atoms with van der Waals surface area (Å²) in [5.41, 5.74) is -0.202. The molecule has 0 radical (unpaired) electrons. The number of amides is 1. The van der Waals surface area contributed by atoms with Gasteiger partial charge in [-0.05, 0) is 55.5 Å². The van der Waals surface area contributed by atoms with E-state index >= 15 is 0 Å². The van der Waals surface area contributed by atoms with Crippen molar-refractivity contribution >= 4 is 34.2 Å². The number of nitrogens with one attached hydrogen (secondary N) is 1. The van der Waals surface area contributed by atoms with Crippen LogP contribution in [-0.4, -0.2) is 19.6 Å². The van der Waals surface area contributed by atoms with E-state index in [-0.39, 0.29) is 27.4 Å². The van der Waals surface area contributed by atoms with E-state index in [0.29, 0.717) is 5.69 Å². The average molecular weight is 459 g/mol. The molecule has 7 nitrogen and oxygen atoms in total. The van der Waals surface area contributed by atoms with Gasteiger partial charge in [-0.3, -0.25) is 14.2 Å². The molecule has 0 saturated carbocycles. The number of aromatic nitrogens is 3. The lowest BCUT2D eigenvalue weighted by Gasteiger charge is -2.13. The van der Waals surface area contributed by atoms with Gasteiger partial charge in [-0.1, -0.05) is 11.6 Å². The first-order valence-corrected chi connectivity index (χ1v) is 9.88. The number of fused-ring (bicyclic) bond motifs is 1. The third kappa shape index (κ3) is 3.71. The Morgan fingerprint density at radius 1 is 1.06 bits per heavy atom. The second kappa shape index (κ2) is 8.08. The molecule has 1 N–H and O–H groups in total. The first-order chi connectivity index (χ1) is 15.2. The Morgan fingerprint density at radius 2 is 1.75 bits per heavy atom. The number of hydrogen-bond donors (Lipinski definition) is 1. The van der Waals surface area contributed by atoms with E-state index in [9.17, 15) is 23.2 Å². The highest BCUT2D eigenvalue weighted by Crippen LogP contribution is 2.19. The molecule has 0 unspecified atom stereocenters. The highest BCUT2D eigenvalue weighted by atomic mass is 35.5. The van der Waals surface area contributed by atoms with Gasteiger partial charge in [-0.2, -0.15) is 0 Å². The van der Waals surface area contributed by atoms with Crippen LogP contribution >= 0.6 is 11.6 Å². The summed E-state index contributed by atoms with van der Waals surface area (Å²) in [6.07, 6.45) is 0. The molecular weight excluding hydrogens is 442 g/mol. The van der Waals surface area contributed by atoms with E-state index in [1.165, 1.54) is 24.3 Å². The van der Waals surface area contributed by atoms with E-state index < -0.39 is 35.3 Å². The van der Waals surface area contributed by atoms with Crippen LogP contribution in [0.1, 0.15) is 5.69 Å². The molecule has 4 rings (SSSR count). The number of halogens is 3. The Labute approximate surface area is 185 Å². The molecule has 2 heterocycles. The minimum Gasteiger partial charge on any atom is -0.342 e. The molecule has 0 aliphatic carbocycles. The molecule has 2 aromatic heterocycles. The normalized spacial score (nSPS) is 11.2. The Balaban J connectivity index is 1.86. The zero-order valence-electron chi connectivity index (χ0n) is 17.0. The molecule has 0 atom stereocenters. The zero-order chi connectivity index (χ0) is 23.2. The maximum absolute atomic E-state index is 14.1. The Hall–Kier alpha value is -3.72. The van der Waals surface area contributed by atoms with Crippen LogP contribution in [0.2, 0.25) is 5.02 Å². The summed E-state index contributed by atoms with van der Waals surface area (Å²) in [5.74, 6) is -1.93. The van der Waals surface area contributed by atoms with E-state index in [1.807, 2.05) is 0 Å². The van der Waals surface area contributed by atoms with Crippen molar-refractivity contribution in [2.75, 3.05) is 5.32 Å². The van der Waals surface area contributed by atoms with Crippen LogP contribution in [-0.2, 0) is 18.4 Å². The van der Waals surface area contributed by atoms with Crippen molar-refractivity contribution in [1.29, 1.82) is 0 Å². The molecule has 0 spiro atoms. The second-order valence-electron chi connectivity index (χ2n) is 7.24. The lowest BCUT2D eigenvalue weighted by Crippen LogP contribution is -2.41. The lowest BCUT2D eigenvalue weighted by molar-refractivity contribution is -0.116. The van der Waals surface area contributed by atoms with Crippen LogP contribution in [0.3, 0.4) is 0 Å². The van der Waals surface area contributed by atoms with E-state index in [0.717, 1.165) is 27.3 Å². The molecular formula is C22H17ClF2N4O3. The minimum atomic E-state index is -0.786. The maximum Gasteiger partial charge on any atom is 0.336 e. The fraction of sp³-hybridized carbons (Fsp3) is 0.136. The summed E-state index contributed by atoms with van der Waals surface area (Å²) < 4.78 is 31.0. The van der Waals surface area contributed by atoms with Crippen molar-refractivity contribution in [3.8, 4) is 5.69 Å². The topological polar surface area (TPSA) is 78.0 Å². The summed E-state index contributed by atoms with van der Waals surface area (Å²) in [4.78, 5) is 39.1. The molecule has 0 saturated heterocycles. The molecule has 0 aliphatic rings. The summed E-state index contributed by atoms with van der Waals surface area (Å²) in [6.45, 7) is 1.27. The largest absolute Gasteiger partial charge is 0.342 e. The predicted molar refractivity (Wildman–Crippen MR) is 118 cm³/mol. The highest BCUT2D eigenvalue weighted by Gasteiger charge is 2.20. The summed E-state index contributed by atoms with van der Waals surface area (Å²) >= 11 is 5.73. The van der Waals surface area contributed by atoms with Gasteiger partial charge < -0.3 is 9.88 Å². The third-order valence-corrected chi connectivity index (χ3v) is 5.40. The zero-order valence-corrected chi connectivity index (χ0v) is 17.8. The number of benzene rings is 2. The average Bonchev–Trinajstić information content (AvgIpc) is 3.03. The molecule has 164 valence electrons. The van der Waals surface area contributed by atoms with E-state index in [4.69, 9.17) is 11.6 Å². The van der Waals surface area contributed by atoms with Crippen molar-refractivity contribution in [3.63, 3.8) is 0 Å². The number of anilines is 1. The van der Waals surface area contributed by atoms with Crippen LogP contribution < -0.4 is 16.6 Å². The van der Waals surface area contributed by atoms with E-state index in [1.54, 1.807) is 24.6 Å². The molecule has 2 aromatic carbocycles. The molecule has 32 heavy (non-hydrogen) atoms. The van der Waals surface area contributed by atoms with Crippen molar-refractivity contribution in [2.45, 2.75) is 13.5 Å². The van der Waals surface area contributed by atoms with Gasteiger partial charge in [-0.15, -0.1) is 0 Å². The number of aryl methyl sites for hydroxylation is 2. The fourth-order valence-electron chi connectivity index (χ4n) is 3.48. The number of hydrogen-bond acceptors (Lipinski definition) is 3. The first kappa shape index (κ1) is 21.5. The number of rotatable bonds is 4. The van der Waals surface area contributed by atoms with Crippen LogP contribution in [0.25, 0.3) is 16.7 Å². The van der Waals surface area contributed by atoms with Crippen LogP contribution in [0.5, 0.6) is 0 Å². The molecule has 10 heteroatoms. The van der Waals surface area contributed by atoms with Gasteiger partial charge in [0.25, 0.3) is 5.56 Å². The molecule has 4 aromatic rings. The van der Waals surface area contributed by atoms with Crippen molar-refractivity contribution in [3.05, 3.63) is 91.7 Å². The fourth-order valence-corrected chi connectivity index (χ4v) is 3.64. The summed E-state index contributed by atoms with van der Waals surface area (Å²) in [7, 11) is 1.66. The van der Waals surface area contributed by atoms with Gasteiger partial charge in [-0.25, -0.2) is 18.1 Å². The van der Waals surface area contributed by atoms with Crippen molar-refractivity contribution in [2.24, 2.45) is 7.05 Å². The van der Waals surface area contributed by atoms with Gasteiger partial charge in [0, 0.05) is 17.8 Å². The van der Waals surface area contributed by atoms with Crippen LogP contribution in [0, 0.1) is 18.6 Å². The number of carbonyl (C=O) groups is 1.